The summed E-state index contributed by atoms with van der Waals surface area (Å²) in [5, 5.41) is 14.5. The van der Waals surface area contributed by atoms with Crippen molar-refractivity contribution in [1.29, 1.82) is 0 Å². The molecule has 3 aromatic rings. The Morgan fingerprint density at radius 3 is 2.30 bits per heavy atom. The third kappa shape index (κ3) is 5.84. The molecule has 0 spiro atoms. The number of rotatable bonds is 8. The van der Waals surface area contributed by atoms with Gasteiger partial charge in [0.15, 0.2) is 17.1 Å². The van der Waals surface area contributed by atoms with Gasteiger partial charge in [0.25, 0.3) is 0 Å². The molecule has 0 bridgehead atoms. The quantitative estimate of drug-likeness (QED) is 0.535. The summed E-state index contributed by atoms with van der Waals surface area (Å²) >= 11 is 1.30. The van der Waals surface area contributed by atoms with Gasteiger partial charge in [-0.3, -0.25) is 9.59 Å². The second-order valence-electron chi connectivity index (χ2n) is 6.57. The van der Waals surface area contributed by atoms with Crippen molar-refractivity contribution >= 4 is 35.0 Å². The summed E-state index contributed by atoms with van der Waals surface area (Å²) < 4.78 is 7.72. The molecule has 2 N–H and O–H groups in total. The van der Waals surface area contributed by atoms with E-state index in [1.54, 1.807) is 24.3 Å². The van der Waals surface area contributed by atoms with Gasteiger partial charge >= 0.3 is 0 Å². The normalized spacial score (nSPS) is 11.6. The first kappa shape index (κ1) is 21.4. The van der Waals surface area contributed by atoms with Gasteiger partial charge in [0.2, 0.25) is 11.8 Å². The minimum Gasteiger partial charge on any atom is -0.483 e. The molecule has 3 rings (SSSR count). The van der Waals surface area contributed by atoms with Crippen LogP contribution in [0, 0.1) is 0 Å². The van der Waals surface area contributed by atoms with Crippen LogP contribution in [0.3, 0.4) is 0 Å². The highest BCUT2D eigenvalue weighted by Crippen LogP contribution is 2.23. The summed E-state index contributed by atoms with van der Waals surface area (Å²) in [5.41, 5.74) is 1.33. The Bertz CT molecular complexity index is 1010. The molecule has 156 valence electrons. The van der Waals surface area contributed by atoms with Crippen LogP contribution in [0.15, 0.2) is 59.8 Å². The Hall–Kier alpha value is -3.33. The largest absolute Gasteiger partial charge is 0.483 e. The van der Waals surface area contributed by atoms with Crippen molar-refractivity contribution < 1.29 is 14.3 Å². The Morgan fingerprint density at radius 1 is 1.03 bits per heavy atom. The molecular weight excluding hydrogens is 402 g/mol. The van der Waals surface area contributed by atoms with Crippen molar-refractivity contribution in [2.24, 2.45) is 7.05 Å². The van der Waals surface area contributed by atoms with Crippen molar-refractivity contribution in [2.45, 2.75) is 25.1 Å². The van der Waals surface area contributed by atoms with E-state index >= 15 is 0 Å². The molecule has 9 heteroatoms. The zero-order valence-electron chi connectivity index (χ0n) is 17.0. The summed E-state index contributed by atoms with van der Waals surface area (Å²) in [4.78, 5) is 23.3. The van der Waals surface area contributed by atoms with Crippen molar-refractivity contribution in [3.8, 4) is 5.75 Å². The first-order valence-electron chi connectivity index (χ1n) is 9.33. The average Bonchev–Trinajstić information content (AvgIpc) is 3.09. The van der Waals surface area contributed by atoms with Crippen LogP contribution < -0.4 is 15.4 Å². The molecule has 0 radical (unpaired) electrons. The second-order valence-corrected chi connectivity index (χ2v) is 7.51. The van der Waals surface area contributed by atoms with Gasteiger partial charge in [0.1, 0.15) is 5.75 Å². The molecular formula is C21H23N5O3S. The molecule has 8 nitrogen and oxygen atoms in total. The number of carbonyl (C=O) groups is 2. The van der Waals surface area contributed by atoms with Gasteiger partial charge in [-0.2, -0.15) is 0 Å². The minimum absolute atomic E-state index is 0.144. The number of aromatic nitrogens is 3. The van der Waals surface area contributed by atoms with E-state index in [0.717, 1.165) is 5.75 Å². The van der Waals surface area contributed by atoms with E-state index in [1.165, 1.54) is 18.7 Å². The Labute approximate surface area is 179 Å². The molecule has 1 atom stereocenters. The van der Waals surface area contributed by atoms with E-state index in [0.29, 0.717) is 22.4 Å². The van der Waals surface area contributed by atoms with Gasteiger partial charge in [-0.25, -0.2) is 0 Å². The maximum Gasteiger partial charge on any atom is 0.234 e. The molecule has 30 heavy (non-hydrogen) atoms. The predicted octanol–water partition coefficient (Wildman–Crippen LogP) is 3.64. The molecule has 0 saturated heterocycles. The highest BCUT2D eigenvalue weighted by atomic mass is 32.2. The molecule has 0 aliphatic carbocycles. The molecule has 0 saturated carbocycles. The summed E-state index contributed by atoms with van der Waals surface area (Å²) in [5.74, 6) is 1.31. The lowest BCUT2D eigenvalue weighted by atomic mass is 10.3. The molecule has 1 heterocycles. The van der Waals surface area contributed by atoms with E-state index in [1.807, 2.05) is 48.9 Å². The third-order valence-corrected chi connectivity index (χ3v) is 5.13. The zero-order chi connectivity index (χ0) is 21.5. The number of hydrogen-bond donors (Lipinski definition) is 2. The molecule has 1 aromatic heterocycles. The highest BCUT2D eigenvalue weighted by molar-refractivity contribution is 7.99. The van der Waals surface area contributed by atoms with Gasteiger partial charge < -0.3 is 19.9 Å². The number of benzene rings is 2. The van der Waals surface area contributed by atoms with Crippen molar-refractivity contribution in [1.82, 2.24) is 14.8 Å². The van der Waals surface area contributed by atoms with Crippen LogP contribution >= 0.6 is 11.8 Å². The second kappa shape index (κ2) is 9.93. The summed E-state index contributed by atoms with van der Waals surface area (Å²) in [6.07, 6.45) is -0.282. The Balaban J connectivity index is 1.53. The lowest BCUT2D eigenvalue weighted by molar-refractivity contribution is -0.114. The Morgan fingerprint density at radius 2 is 1.67 bits per heavy atom. The fourth-order valence-corrected chi connectivity index (χ4v) is 3.45. The molecule has 0 unspecified atom stereocenters. The minimum atomic E-state index is -0.282. The maximum absolute atomic E-state index is 12.3. The van der Waals surface area contributed by atoms with Crippen LogP contribution in [0.2, 0.25) is 0 Å². The Kier molecular flexibility index (Phi) is 7.08. The van der Waals surface area contributed by atoms with Gasteiger partial charge in [0, 0.05) is 25.3 Å². The van der Waals surface area contributed by atoms with E-state index in [2.05, 4.69) is 20.8 Å². The molecule has 0 aliphatic heterocycles. The van der Waals surface area contributed by atoms with Gasteiger partial charge in [-0.1, -0.05) is 30.0 Å². The number of nitrogens with one attached hydrogen (secondary N) is 2. The van der Waals surface area contributed by atoms with E-state index in [9.17, 15) is 9.59 Å². The van der Waals surface area contributed by atoms with Crippen molar-refractivity contribution in [3.63, 3.8) is 0 Å². The van der Waals surface area contributed by atoms with Crippen LogP contribution in [0.1, 0.15) is 25.8 Å². The monoisotopic (exact) mass is 425 g/mol. The SMILES string of the molecule is CC(=O)Nc1ccc(NC(=O)CSc2nnc([C@H](C)Oc3ccccc3)n2C)cc1. The molecule has 2 aromatic carbocycles. The van der Waals surface area contributed by atoms with Gasteiger partial charge in [0.05, 0.1) is 5.75 Å². The third-order valence-electron chi connectivity index (χ3n) is 4.11. The highest BCUT2D eigenvalue weighted by Gasteiger charge is 2.18. The summed E-state index contributed by atoms with van der Waals surface area (Å²) in [6, 6.07) is 16.4. The first-order chi connectivity index (χ1) is 14.4. The molecule has 2 amide bonds. The van der Waals surface area contributed by atoms with Crippen LogP contribution in [0.4, 0.5) is 11.4 Å². The van der Waals surface area contributed by atoms with Gasteiger partial charge in [-0.05, 0) is 43.3 Å². The molecule has 0 aliphatic rings. The van der Waals surface area contributed by atoms with Crippen LogP contribution in [-0.2, 0) is 16.6 Å². The number of para-hydroxylation sites is 1. The van der Waals surface area contributed by atoms with E-state index in [4.69, 9.17) is 4.74 Å². The number of nitrogens with zero attached hydrogens (tertiary/aromatic N) is 3. The predicted molar refractivity (Wildman–Crippen MR) is 117 cm³/mol. The number of ether oxygens (including phenoxy) is 1. The van der Waals surface area contributed by atoms with E-state index < -0.39 is 0 Å². The number of amides is 2. The maximum atomic E-state index is 12.3. The average molecular weight is 426 g/mol. The standard InChI is InChI=1S/C21H23N5O3S/c1-14(29-18-7-5-4-6-8-18)20-24-25-21(26(20)3)30-13-19(28)23-17-11-9-16(10-12-17)22-15(2)27/h4-12,14H,13H2,1-3H3,(H,22,27)(H,23,28)/t14-/m0/s1. The first-order valence-corrected chi connectivity index (χ1v) is 10.3. The number of carbonyl (C=O) groups excluding carboxylic acids is 2. The topological polar surface area (TPSA) is 98.1 Å². The fraction of sp³-hybridized carbons (Fsp3) is 0.238. The van der Waals surface area contributed by atoms with Crippen LogP contribution in [0.25, 0.3) is 0 Å². The number of hydrogen-bond acceptors (Lipinski definition) is 6. The van der Waals surface area contributed by atoms with Crippen molar-refractivity contribution in [2.75, 3.05) is 16.4 Å². The van der Waals surface area contributed by atoms with E-state index in [-0.39, 0.29) is 23.7 Å². The summed E-state index contributed by atoms with van der Waals surface area (Å²) in [7, 11) is 1.85. The number of anilines is 2. The van der Waals surface area contributed by atoms with Crippen molar-refractivity contribution in [3.05, 3.63) is 60.4 Å². The lowest BCUT2D eigenvalue weighted by Crippen LogP contribution is -2.15. The number of thioether (sulfide) groups is 1. The summed E-state index contributed by atoms with van der Waals surface area (Å²) in [6.45, 7) is 3.35. The smallest absolute Gasteiger partial charge is 0.234 e. The molecule has 0 fully saturated rings. The zero-order valence-corrected chi connectivity index (χ0v) is 17.8. The lowest BCUT2D eigenvalue weighted by Gasteiger charge is -2.14. The van der Waals surface area contributed by atoms with Gasteiger partial charge in [-0.15, -0.1) is 10.2 Å². The van der Waals surface area contributed by atoms with Crippen LogP contribution in [-0.4, -0.2) is 32.3 Å². The van der Waals surface area contributed by atoms with Crippen LogP contribution in [0.5, 0.6) is 5.75 Å². The fourth-order valence-electron chi connectivity index (χ4n) is 2.73.